The molecular formula is C24H23N3O5. The Balaban J connectivity index is 1.55. The Morgan fingerprint density at radius 2 is 1.84 bits per heavy atom. The van der Waals surface area contributed by atoms with Crippen LogP contribution >= 0.6 is 0 Å². The number of primary amides is 1. The van der Waals surface area contributed by atoms with Crippen molar-refractivity contribution in [2.45, 2.75) is 6.61 Å². The number of pyridine rings is 1. The minimum absolute atomic E-state index is 0.296. The first-order valence-corrected chi connectivity index (χ1v) is 9.74. The lowest BCUT2D eigenvalue weighted by molar-refractivity contribution is -0.120. The van der Waals surface area contributed by atoms with E-state index in [1.54, 1.807) is 30.5 Å². The third-order valence-electron chi connectivity index (χ3n) is 4.22. The van der Waals surface area contributed by atoms with Gasteiger partial charge in [0.25, 0.3) is 5.91 Å². The molecule has 0 aliphatic heterocycles. The number of hydrogen-bond acceptors (Lipinski definition) is 6. The second-order valence-electron chi connectivity index (χ2n) is 6.62. The topological polar surface area (TPSA) is 113 Å². The van der Waals surface area contributed by atoms with E-state index in [-0.39, 0.29) is 12.5 Å². The van der Waals surface area contributed by atoms with Crippen molar-refractivity contribution in [2.24, 2.45) is 5.73 Å². The van der Waals surface area contributed by atoms with E-state index in [0.29, 0.717) is 29.5 Å². The quantitative estimate of drug-likeness (QED) is 0.475. The van der Waals surface area contributed by atoms with Gasteiger partial charge in [0.15, 0.2) is 18.1 Å². The maximum absolute atomic E-state index is 12.3. The molecule has 0 aliphatic carbocycles. The number of ether oxygens (including phenoxy) is 3. The van der Waals surface area contributed by atoms with E-state index in [9.17, 15) is 9.59 Å². The minimum atomic E-state index is -0.613. The average Bonchev–Trinajstić information content (AvgIpc) is 2.81. The molecule has 0 saturated heterocycles. The van der Waals surface area contributed by atoms with Crippen molar-refractivity contribution in [1.82, 2.24) is 4.98 Å². The van der Waals surface area contributed by atoms with E-state index in [1.165, 1.54) is 13.2 Å². The number of anilines is 1. The highest BCUT2D eigenvalue weighted by molar-refractivity contribution is 6.02. The number of methoxy groups -OCH3 is 1. The van der Waals surface area contributed by atoms with Gasteiger partial charge in [-0.2, -0.15) is 0 Å². The monoisotopic (exact) mass is 433 g/mol. The van der Waals surface area contributed by atoms with E-state index in [2.05, 4.69) is 10.3 Å². The van der Waals surface area contributed by atoms with Crippen molar-refractivity contribution in [3.63, 3.8) is 0 Å². The van der Waals surface area contributed by atoms with Gasteiger partial charge in [-0.25, -0.2) is 0 Å². The maximum atomic E-state index is 12.3. The van der Waals surface area contributed by atoms with Crippen molar-refractivity contribution in [2.75, 3.05) is 19.0 Å². The lowest BCUT2D eigenvalue weighted by atomic mass is 10.2. The highest BCUT2D eigenvalue weighted by atomic mass is 16.5. The molecule has 164 valence electrons. The zero-order valence-electron chi connectivity index (χ0n) is 17.5. The molecule has 0 radical (unpaired) electrons. The van der Waals surface area contributed by atoms with Crippen molar-refractivity contribution in [1.29, 1.82) is 0 Å². The van der Waals surface area contributed by atoms with E-state index in [0.717, 1.165) is 11.3 Å². The fourth-order valence-corrected chi connectivity index (χ4v) is 2.69. The summed E-state index contributed by atoms with van der Waals surface area (Å²) in [6, 6.07) is 17.8. The molecule has 8 nitrogen and oxygen atoms in total. The molecule has 3 rings (SSSR count). The van der Waals surface area contributed by atoms with Crippen LogP contribution in [0.15, 0.2) is 72.9 Å². The van der Waals surface area contributed by atoms with Crippen LogP contribution in [0.5, 0.6) is 17.2 Å². The van der Waals surface area contributed by atoms with Gasteiger partial charge in [-0.1, -0.05) is 18.2 Å². The van der Waals surface area contributed by atoms with Crippen LogP contribution in [0.4, 0.5) is 5.69 Å². The minimum Gasteiger partial charge on any atom is -0.493 e. The molecule has 0 spiro atoms. The SMILES string of the molecule is COc1ccc(NC(=O)C=Cc2ccc(OCc3ccccn3)cc2)cc1OCC(N)=O. The van der Waals surface area contributed by atoms with Gasteiger partial charge in [0, 0.05) is 24.0 Å². The summed E-state index contributed by atoms with van der Waals surface area (Å²) >= 11 is 0. The number of carbonyl (C=O) groups excluding carboxylic acids is 2. The number of nitrogens with two attached hydrogens (primary N) is 1. The fraction of sp³-hybridized carbons (Fsp3) is 0.125. The summed E-state index contributed by atoms with van der Waals surface area (Å²) in [4.78, 5) is 27.4. The molecule has 0 fully saturated rings. The normalized spacial score (nSPS) is 10.5. The molecule has 1 aromatic heterocycles. The molecule has 2 amide bonds. The van der Waals surface area contributed by atoms with Crippen molar-refractivity contribution in [3.8, 4) is 17.2 Å². The molecule has 8 heteroatoms. The Morgan fingerprint density at radius 3 is 2.53 bits per heavy atom. The number of rotatable bonds is 10. The van der Waals surface area contributed by atoms with Gasteiger partial charge in [-0.15, -0.1) is 0 Å². The van der Waals surface area contributed by atoms with Crippen molar-refractivity contribution in [3.05, 3.63) is 84.2 Å². The van der Waals surface area contributed by atoms with Gasteiger partial charge in [0.2, 0.25) is 5.91 Å². The number of benzene rings is 2. The molecule has 0 unspecified atom stereocenters. The van der Waals surface area contributed by atoms with Crippen LogP contribution in [0.25, 0.3) is 6.08 Å². The molecular weight excluding hydrogens is 410 g/mol. The molecule has 1 heterocycles. The highest BCUT2D eigenvalue weighted by Crippen LogP contribution is 2.30. The van der Waals surface area contributed by atoms with Crippen LogP contribution in [0.3, 0.4) is 0 Å². The largest absolute Gasteiger partial charge is 0.493 e. The average molecular weight is 433 g/mol. The van der Waals surface area contributed by atoms with Crippen LogP contribution in [-0.2, 0) is 16.2 Å². The summed E-state index contributed by atoms with van der Waals surface area (Å²) in [6.45, 7) is 0.0840. The van der Waals surface area contributed by atoms with Gasteiger partial charge >= 0.3 is 0 Å². The Kier molecular flexibility index (Phi) is 7.80. The summed E-state index contributed by atoms with van der Waals surface area (Å²) in [7, 11) is 1.47. The molecule has 32 heavy (non-hydrogen) atoms. The second kappa shape index (κ2) is 11.2. The number of nitrogens with zero attached hydrogens (tertiary/aromatic N) is 1. The third kappa shape index (κ3) is 6.88. The van der Waals surface area contributed by atoms with E-state index < -0.39 is 5.91 Å². The molecule has 0 saturated carbocycles. The van der Waals surface area contributed by atoms with Crippen LogP contribution in [-0.4, -0.2) is 30.5 Å². The Labute approximate surface area is 185 Å². The highest BCUT2D eigenvalue weighted by Gasteiger charge is 2.08. The first-order valence-electron chi connectivity index (χ1n) is 9.74. The Morgan fingerprint density at radius 1 is 1.03 bits per heavy atom. The van der Waals surface area contributed by atoms with Crippen LogP contribution in [0.2, 0.25) is 0 Å². The molecule has 3 N–H and O–H groups in total. The van der Waals surface area contributed by atoms with Crippen LogP contribution < -0.4 is 25.3 Å². The predicted molar refractivity (Wildman–Crippen MR) is 120 cm³/mol. The molecule has 3 aromatic rings. The summed E-state index contributed by atoms with van der Waals surface area (Å²) < 4.78 is 16.2. The third-order valence-corrected chi connectivity index (χ3v) is 4.22. The van der Waals surface area contributed by atoms with Gasteiger partial charge in [0.05, 0.1) is 12.8 Å². The Bertz CT molecular complexity index is 1080. The Hall–Kier alpha value is -4.33. The maximum Gasteiger partial charge on any atom is 0.255 e. The number of amides is 2. The molecule has 0 aliphatic rings. The zero-order chi connectivity index (χ0) is 22.8. The van der Waals surface area contributed by atoms with Gasteiger partial charge < -0.3 is 25.3 Å². The summed E-state index contributed by atoms with van der Waals surface area (Å²) in [5.41, 5.74) is 7.27. The van der Waals surface area contributed by atoms with Crippen LogP contribution in [0.1, 0.15) is 11.3 Å². The number of hydrogen-bond donors (Lipinski definition) is 2. The standard InChI is InChI=1S/C24H23N3O5/c1-30-21-11-8-18(14-22(21)32-16-23(25)28)27-24(29)12-7-17-5-9-20(10-6-17)31-15-19-4-2-3-13-26-19/h2-14H,15-16H2,1H3,(H2,25,28)(H,27,29). The summed E-state index contributed by atoms with van der Waals surface area (Å²) in [5, 5.41) is 2.73. The fourth-order valence-electron chi connectivity index (χ4n) is 2.69. The van der Waals surface area contributed by atoms with Gasteiger partial charge in [-0.05, 0) is 48.0 Å². The van der Waals surface area contributed by atoms with Crippen molar-refractivity contribution < 1.29 is 23.8 Å². The predicted octanol–water partition coefficient (Wildman–Crippen LogP) is 3.19. The first kappa shape index (κ1) is 22.4. The van der Waals surface area contributed by atoms with Crippen LogP contribution in [0, 0.1) is 0 Å². The van der Waals surface area contributed by atoms with Gasteiger partial charge in [0.1, 0.15) is 12.4 Å². The summed E-state index contributed by atoms with van der Waals surface area (Å²) in [6.07, 6.45) is 4.82. The van der Waals surface area contributed by atoms with Gasteiger partial charge in [-0.3, -0.25) is 14.6 Å². The van der Waals surface area contributed by atoms with E-state index in [4.69, 9.17) is 19.9 Å². The van der Waals surface area contributed by atoms with E-state index in [1.807, 2.05) is 42.5 Å². The zero-order valence-corrected chi connectivity index (χ0v) is 17.5. The smallest absolute Gasteiger partial charge is 0.255 e. The summed E-state index contributed by atoms with van der Waals surface area (Å²) in [5.74, 6) is 0.488. The number of nitrogens with one attached hydrogen (secondary N) is 1. The lowest BCUT2D eigenvalue weighted by Gasteiger charge is -2.11. The molecule has 0 atom stereocenters. The first-order chi connectivity index (χ1) is 15.5. The van der Waals surface area contributed by atoms with Crippen molar-refractivity contribution >= 4 is 23.6 Å². The second-order valence-corrected chi connectivity index (χ2v) is 6.62. The van der Waals surface area contributed by atoms with E-state index >= 15 is 0 Å². The lowest BCUT2D eigenvalue weighted by Crippen LogP contribution is -2.20. The number of carbonyl (C=O) groups is 2. The molecule has 2 aromatic carbocycles. The molecule has 0 bridgehead atoms. The number of aromatic nitrogens is 1.